The molecule has 0 aliphatic rings. The molecule has 0 aliphatic carbocycles. The Balaban J connectivity index is 1.79. The van der Waals surface area contributed by atoms with Crippen LogP contribution in [0.5, 0.6) is 0 Å². The van der Waals surface area contributed by atoms with Gasteiger partial charge in [-0.2, -0.15) is 5.26 Å². The number of aromatic amines is 1. The van der Waals surface area contributed by atoms with Gasteiger partial charge in [0.25, 0.3) is 5.91 Å². The molecule has 0 unspecified atom stereocenters. The Hall–Kier alpha value is -3.06. The van der Waals surface area contributed by atoms with Crippen LogP contribution in [-0.4, -0.2) is 10.9 Å². The van der Waals surface area contributed by atoms with E-state index in [1.165, 1.54) is 0 Å². The van der Waals surface area contributed by atoms with Crippen molar-refractivity contribution in [1.82, 2.24) is 4.98 Å². The van der Waals surface area contributed by atoms with Crippen LogP contribution in [0.2, 0.25) is 0 Å². The third-order valence-electron chi connectivity index (χ3n) is 3.52. The molecular formula is C18H15N3O. The predicted molar refractivity (Wildman–Crippen MR) is 86.7 cm³/mol. The number of hydrogen-bond acceptors (Lipinski definition) is 2. The SMILES string of the molecule is Cc1ccc2cc(C(=O)Nc3ccc(CC#N)cc3)[nH]c2c1. The average molecular weight is 289 g/mol. The van der Waals surface area contributed by atoms with Crippen molar-refractivity contribution in [3.63, 3.8) is 0 Å². The first kappa shape index (κ1) is 13.9. The van der Waals surface area contributed by atoms with E-state index in [4.69, 9.17) is 5.26 Å². The Morgan fingerprint density at radius 1 is 1.18 bits per heavy atom. The summed E-state index contributed by atoms with van der Waals surface area (Å²) in [4.78, 5) is 15.4. The van der Waals surface area contributed by atoms with Gasteiger partial charge < -0.3 is 10.3 Å². The molecule has 2 aromatic carbocycles. The summed E-state index contributed by atoms with van der Waals surface area (Å²) in [6, 6.07) is 17.3. The van der Waals surface area contributed by atoms with Crippen molar-refractivity contribution < 1.29 is 4.79 Å². The minimum atomic E-state index is -0.179. The van der Waals surface area contributed by atoms with Crippen LogP contribution in [0.1, 0.15) is 21.6 Å². The summed E-state index contributed by atoms with van der Waals surface area (Å²) < 4.78 is 0. The Morgan fingerprint density at radius 2 is 1.95 bits per heavy atom. The standard InChI is InChI=1S/C18H15N3O/c1-12-2-5-14-11-17(21-16(14)10-12)18(22)20-15-6-3-13(4-7-15)8-9-19/h2-7,10-11,21H,8H2,1H3,(H,20,22). The number of carbonyl (C=O) groups is 1. The van der Waals surface area contributed by atoms with Gasteiger partial charge in [0.05, 0.1) is 12.5 Å². The number of aryl methyl sites for hydroxylation is 1. The summed E-state index contributed by atoms with van der Waals surface area (Å²) in [6.45, 7) is 2.02. The van der Waals surface area contributed by atoms with Crippen LogP contribution in [0.4, 0.5) is 5.69 Å². The highest BCUT2D eigenvalue weighted by atomic mass is 16.1. The van der Waals surface area contributed by atoms with Crippen molar-refractivity contribution in [2.24, 2.45) is 0 Å². The fourth-order valence-electron chi connectivity index (χ4n) is 2.36. The second-order valence-corrected chi connectivity index (χ2v) is 5.26. The molecule has 0 bridgehead atoms. The molecule has 108 valence electrons. The molecule has 1 aromatic heterocycles. The lowest BCUT2D eigenvalue weighted by Gasteiger charge is -2.04. The summed E-state index contributed by atoms with van der Waals surface area (Å²) in [7, 11) is 0. The van der Waals surface area contributed by atoms with E-state index in [0.29, 0.717) is 17.8 Å². The number of carbonyl (C=O) groups excluding carboxylic acids is 1. The highest BCUT2D eigenvalue weighted by molar-refractivity contribution is 6.05. The summed E-state index contributed by atoms with van der Waals surface area (Å²) >= 11 is 0. The molecule has 0 spiro atoms. The summed E-state index contributed by atoms with van der Waals surface area (Å²) in [6.07, 6.45) is 0.371. The topological polar surface area (TPSA) is 68.7 Å². The summed E-state index contributed by atoms with van der Waals surface area (Å²) in [5, 5.41) is 12.5. The van der Waals surface area contributed by atoms with Crippen molar-refractivity contribution in [1.29, 1.82) is 5.26 Å². The van der Waals surface area contributed by atoms with Gasteiger partial charge in [0.1, 0.15) is 5.69 Å². The number of hydrogen-bond donors (Lipinski definition) is 2. The van der Waals surface area contributed by atoms with Gasteiger partial charge >= 0.3 is 0 Å². The van der Waals surface area contributed by atoms with Crippen LogP contribution in [0.3, 0.4) is 0 Å². The number of anilines is 1. The van der Waals surface area contributed by atoms with Crippen LogP contribution in [0.25, 0.3) is 10.9 Å². The average Bonchev–Trinajstić information content (AvgIpc) is 2.92. The number of nitriles is 1. The number of fused-ring (bicyclic) bond motifs is 1. The summed E-state index contributed by atoms with van der Waals surface area (Å²) in [5.74, 6) is -0.179. The zero-order valence-electron chi connectivity index (χ0n) is 12.2. The number of benzene rings is 2. The second kappa shape index (κ2) is 5.74. The zero-order valence-corrected chi connectivity index (χ0v) is 12.2. The third-order valence-corrected chi connectivity index (χ3v) is 3.52. The molecule has 0 aliphatic heterocycles. The molecule has 3 aromatic rings. The normalized spacial score (nSPS) is 10.4. The lowest BCUT2D eigenvalue weighted by molar-refractivity contribution is 0.102. The zero-order chi connectivity index (χ0) is 15.5. The van der Waals surface area contributed by atoms with Crippen LogP contribution in [0.15, 0.2) is 48.5 Å². The maximum absolute atomic E-state index is 12.3. The van der Waals surface area contributed by atoms with E-state index < -0.39 is 0 Å². The Kier molecular flexibility index (Phi) is 3.63. The van der Waals surface area contributed by atoms with E-state index >= 15 is 0 Å². The lowest BCUT2D eigenvalue weighted by Crippen LogP contribution is -2.12. The van der Waals surface area contributed by atoms with Gasteiger partial charge in [0.15, 0.2) is 0 Å². The Morgan fingerprint density at radius 3 is 2.68 bits per heavy atom. The van der Waals surface area contributed by atoms with E-state index in [1.54, 1.807) is 12.1 Å². The first-order valence-electron chi connectivity index (χ1n) is 7.02. The van der Waals surface area contributed by atoms with Gasteiger partial charge in [-0.05, 0) is 42.3 Å². The van der Waals surface area contributed by atoms with Crippen molar-refractivity contribution in [2.75, 3.05) is 5.32 Å². The van der Waals surface area contributed by atoms with Crippen LogP contribution >= 0.6 is 0 Å². The fourth-order valence-corrected chi connectivity index (χ4v) is 2.36. The van der Waals surface area contributed by atoms with E-state index in [-0.39, 0.29) is 5.91 Å². The van der Waals surface area contributed by atoms with Gasteiger partial charge in [-0.1, -0.05) is 24.3 Å². The minimum Gasteiger partial charge on any atom is -0.351 e. The molecule has 0 atom stereocenters. The van der Waals surface area contributed by atoms with Crippen LogP contribution < -0.4 is 5.32 Å². The first-order chi connectivity index (χ1) is 10.7. The Labute approximate surface area is 128 Å². The van der Waals surface area contributed by atoms with Crippen LogP contribution in [0, 0.1) is 18.3 Å². The minimum absolute atomic E-state index is 0.179. The van der Waals surface area contributed by atoms with Crippen molar-refractivity contribution >= 4 is 22.5 Å². The number of nitrogens with one attached hydrogen (secondary N) is 2. The van der Waals surface area contributed by atoms with Crippen LogP contribution in [-0.2, 0) is 6.42 Å². The number of rotatable bonds is 3. The first-order valence-corrected chi connectivity index (χ1v) is 7.02. The van der Waals surface area contributed by atoms with E-state index in [1.807, 2.05) is 43.3 Å². The van der Waals surface area contributed by atoms with E-state index in [2.05, 4.69) is 16.4 Å². The third kappa shape index (κ3) is 2.84. The molecule has 4 nitrogen and oxygen atoms in total. The fraction of sp³-hybridized carbons (Fsp3) is 0.111. The quantitative estimate of drug-likeness (QED) is 0.770. The molecule has 4 heteroatoms. The highest BCUT2D eigenvalue weighted by Gasteiger charge is 2.09. The van der Waals surface area contributed by atoms with Crippen molar-refractivity contribution in [3.05, 3.63) is 65.4 Å². The molecule has 2 N–H and O–H groups in total. The number of amides is 1. The van der Waals surface area contributed by atoms with E-state index in [0.717, 1.165) is 22.0 Å². The molecule has 0 saturated carbocycles. The van der Waals surface area contributed by atoms with Gasteiger partial charge in [0.2, 0.25) is 0 Å². The summed E-state index contributed by atoms with van der Waals surface area (Å²) in [5.41, 5.74) is 4.27. The smallest absolute Gasteiger partial charge is 0.272 e. The molecule has 0 radical (unpaired) electrons. The van der Waals surface area contributed by atoms with Crippen molar-refractivity contribution in [2.45, 2.75) is 13.3 Å². The Bertz CT molecular complexity index is 869. The van der Waals surface area contributed by atoms with Crippen molar-refractivity contribution in [3.8, 4) is 6.07 Å². The van der Waals surface area contributed by atoms with E-state index in [9.17, 15) is 4.79 Å². The maximum Gasteiger partial charge on any atom is 0.272 e. The molecule has 3 rings (SSSR count). The maximum atomic E-state index is 12.3. The molecule has 22 heavy (non-hydrogen) atoms. The van der Waals surface area contributed by atoms with Gasteiger partial charge in [-0.3, -0.25) is 4.79 Å². The molecule has 1 heterocycles. The number of aromatic nitrogens is 1. The number of H-pyrrole nitrogens is 1. The number of nitrogens with zero attached hydrogens (tertiary/aromatic N) is 1. The second-order valence-electron chi connectivity index (χ2n) is 5.26. The lowest BCUT2D eigenvalue weighted by atomic mass is 10.1. The largest absolute Gasteiger partial charge is 0.351 e. The molecule has 0 saturated heterocycles. The molecule has 0 fully saturated rings. The monoisotopic (exact) mass is 289 g/mol. The highest BCUT2D eigenvalue weighted by Crippen LogP contribution is 2.18. The van der Waals surface area contributed by atoms with Gasteiger partial charge in [0, 0.05) is 16.6 Å². The van der Waals surface area contributed by atoms with Gasteiger partial charge in [-0.15, -0.1) is 0 Å². The molecule has 1 amide bonds. The predicted octanol–water partition coefficient (Wildman–Crippen LogP) is 3.79. The molecular weight excluding hydrogens is 274 g/mol. The van der Waals surface area contributed by atoms with Gasteiger partial charge in [-0.25, -0.2) is 0 Å².